The Morgan fingerprint density at radius 2 is 1.66 bits per heavy atom. The highest BCUT2D eigenvalue weighted by molar-refractivity contribution is 9.10. The number of hydrogen-bond donors (Lipinski definition) is 1. The van der Waals surface area contributed by atoms with E-state index >= 15 is 0 Å². The lowest BCUT2D eigenvalue weighted by Gasteiger charge is -2.22. The fourth-order valence-corrected chi connectivity index (χ4v) is 9.00. The molecule has 1 amide bonds. The van der Waals surface area contributed by atoms with Gasteiger partial charge in [-0.2, -0.15) is 0 Å². The predicted molar refractivity (Wildman–Crippen MR) is 206 cm³/mol. The molecule has 254 valence electrons. The zero-order chi connectivity index (χ0) is 34.3. The second kappa shape index (κ2) is 16.4. The van der Waals surface area contributed by atoms with Crippen molar-refractivity contribution in [3.63, 3.8) is 0 Å². The summed E-state index contributed by atoms with van der Waals surface area (Å²) in [5.74, 6) is 2.43. The smallest absolute Gasteiger partial charge is 0.234 e. The standard InChI is InChI=1S/C38H34BrN5O3S3/c39-28-15-11-27(12-16-28)33(45)23-49-38-41-32-20-17-29(21-34(32)50-38)40-36(46)24-48-37-43-42-35(44(37)30-9-5-2-6-10-30)22-47-31-18-13-26(14-19-31)25-7-3-1-4-8-25/h2,5-6,9-21,25H,1,3-4,7-8,22-24H2,(H,40,46). The number of para-hydroxylation sites is 1. The predicted octanol–water partition coefficient (Wildman–Crippen LogP) is 9.97. The Bertz CT molecular complexity index is 2080. The van der Waals surface area contributed by atoms with E-state index in [0.717, 1.165) is 30.5 Å². The number of ether oxygens (including phenoxy) is 1. The van der Waals surface area contributed by atoms with Crippen LogP contribution in [0.2, 0.25) is 0 Å². The number of anilines is 1. The Morgan fingerprint density at radius 1 is 0.880 bits per heavy atom. The van der Waals surface area contributed by atoms with Crippen molar-refractivity contribution in [2.75, 3.05) is 16.8 Å². The largest absolute Gasteiger partial charge is 0.486 e. The molecule has 0 radical (unpaired) electrons. The summed E-state index contributed by atoms with van der Waals surface area (Å²) in [5.41, 5.74) is 4.47. The maximum Gasteiger partial charge on any atom is 0.234 e. The maximum atomic E-state index is 13.1. The minimum absolute atomic E-state index is 0.0503. The van der Waals surface area contributed by atoms with Gasteiger partial charge in [-0.3, -0.25) is 14.2 Å². The molecule has 0 spiro atoms. The van der Waals surface area contributed by atoms with Gasteiger partial charge in [0.1, 0.15) is 12.4 Å². The summed E-state index contributed by atoms with van der Waals surface area (Å²) in [6.07, 6.45) is 6.49. The van der Waals surface area contributed by atoms with Gasteiger partial charge in [0.2, 0.25) is 5.91 Å². The molecule has 0 aliphatic heterocycles. The Balaban J connectivity index is 0.964. The van der Waals surface area contributed by atoms with E-state index in [1.165, 1.54) is 72.5 Å². The lowest BCUT2D eigenvalue weighted by atomic mass is 9.84. The van der Waals surface area contributed by atoms with E-state index in [1.807, 2.05) is 89.5 Å². The first kappa shape index (κ1) is 34.5. The number of fused-ring (bicyclic) bond motifs is 1. The van der Waals surface area contributed by atoms with Crippen LogP contribution >= 0.6 is 50.8 Å². The van der Waals surface area contributed by atoms with Crippen molar-refractivity contribution in [3.8, 4) is 11.4 Å². The number of benzene rings is 4. The molecular weight excluding hydrogens is 751 g/mol. The average Bonchev–Trinajstić information content (AvgIpc) is 3.76. The number of Topliss-reactive ketones (excluding diaryl/α,β-unsaturated/α-hetero) is 1. The van der Waals surface area contributed by atoms with Gasteiger partial charge in [0, 0.05) is 21.4 Å². The molecule has 8 nitrogen and oxygen atoms in total. The van der Waals surface area contributed by atoms with Gasteiger partial charge in [-0.25, -0.2) is 4.98 Å². The second-order valence-electron chi connectivity index (χ2n) is 12.0. The Labute approximate surface area is 311 Å². The van der Waals surface area contributed by atoms with E-state index in [9.17, 15) is 9.59 Å². The van der Waals surface area contributed by atoms with Crippen LogP contribution < -0.4 is 10.1 Å². The van der Waals surface area contributed by atoms with Gasteiger partial charge >= 0.3 is 0 Å². The highest BCUT2D eigenvalue weighted by Gasteiger charge is 2.18. The minimum atomic E-state index is -0.160. The van der Waals surface area contributed by atoms with Crippen LogP contribution in [0.15, 0.2) is 111 Å². The lowest BCUT2D eigenvalue weighted by molar-refractivity contribution is -0.113. The summed E-state index contributed by atoms with van der Waals surface area (Å²) >= 11 is 7.64. The molecule has 6 aromatic rings. The van der Waals surface area contributed by atoms with Gasteiger partial charge in [-0.05, 0) is 78.9 Å². The molecule has 50 heavy (non-hydrogen) atoms. The third-order valence-electron chi connectivity index (χ3n) is 8.52. The number of thioether (sulfide) groups is 2. The Kier molecular flexibility index (Phi) is 11.3. The molecule has 4 aromatic carbocycles. The van der Waals surface area contributed by atoms with Crippen LogP contribution in [0.4, 0.5) is 5.69 Å². The van der Waals surface area contributed by atoms with Gasteiger partial charge in [-0.15, -0.1) is 21.5 Å². The van der Waals surface area contributed by atoms with E-state index in [4.69, 9.17) is 4.74 Å². The van der Waals surface area contributed by atoms with Crippen LogP contribution in [0.3, 0.4) is 0 Å². The van der Waals surface area contributed by atoms with Crippen molar-refractivity contribution >= 4 is 78.4 Å². The molecule has 7 rings (SSSR count). The van der Waals surface area contributed by atoms with Crippen molar-refractivity contribution in [1.29, 1.82) is 0 Å². The van der Waals surface area contributed by atoms with Crippen molar-refractivity contribution in [1.82, 2.24) is 19.7 Å². The molecule has 1 N–H and O–H groups in total. The second-order valence-corrected chi connectivity index (χ2v) is 16.1. The first-order valence-corrected chi connectivity index (χ1v) is 20.0. The van der Waals surface area contributed by atoms with Crippen molar-refractivity contribution in [2.24, 2.45) is 0 Å². The van der Waals surface area contributed by atoms with Gasteiger partial charge in [-0.1, -0.05) is 101 Å². The summed E-state index contributed by atoms with van der Waals surface area (Å²) in [6.45, 7) is 0.241. The topological polar surface area (TPSA) is 99.0 Å². The SMILES string of the molecule is O=C(CSc1nnc(COc2ccc(C3CCCCC3)cc2)n1-c1ccccc1)Nc1ccc2nc(SCC(=O)c3ccc(Br)cc3)sc2c1. The number of carbonyl (C=O) groups is 2. The fraction of sp³-hybridized carbons (Fsp3) is 0.237. The van der Waals surface area contributed by atoms with Crippen molar-refractivity contribution in [3.05, 3.63) is 118 Å². The maximum absolute atomic E-state index is 13.1. The first-order chi connectivity index (χ1) is 24.5. The van der Waals surface area contributed by atoms with Crippen LogP contribution in [0, 0.1) is 0 Å². The number of ketones is 1. The number of amides is 1. The zero-order valence-corrected chi connectivity index (χ0v) is 31.1. The molecule has 1 fully saturated rings. The molecule has 0 unspecified atom stereocenters. The van der Waals surface area contributed by atoms with Crippen LogP contribution in [-0.2, 0) is 11.4 Å². The number of rotatable bonds is 13. The number of thiazole rings is 1. The molecule has 12 heteroatoms. The molecule has 1 aliphatic carbocycles. The van der Waals surface area contributed by atoms with E-state index in [1.54, 1.807) is 0 Å². The number of aromatic nitrogens is 4. The molecule has 0 atom stereocenters. The normalized spacial score (nSPS) is 13.4. The Morgan fingerprint density at radius 3 is 2.44 bits per heavy atom. The summed E-state index contributed by atoms with van der Waals surface area (Å²) in [4.78, 5) is 30.4. The number of nitrogens with zero attached hydrogens (tertiary/aromatic N) is 4. The van der Waals surface area contributed by atoms with E-state index in [-0.39, 0.29) is 24.1 Å². The molecule has 1 saturated carbocycles. The van der Waals surface area contributed by atoms with Crippen LogP contribution in [0.25, 0.3) is 15.9 Å². The molecule has 2 aromatic heterocycles. The first-order valence-electron chi connectivity index (χ1n) is 16.5. The van der Waals surface area contributed by atoms with Crippen LogP contribution in [-0.4, -0.2) is 42.9 Å². The van der Waals surface area contributed by atoms with E-state index in [0.29, 0.717) is 33.9 Å². The molecule has 0 bridgehead atoms. The number of nitrogens with one attached hydrogen (secondary N) is 1. The summed E-state index contributed by atoms with van der Waals surface area (Å²) in [5, 5.41) is 12.5. The zero-order valence-electron chi connectivity index (χ0n) is 27.1. The fourth-order valence-electron chi connectivity index (χ4n) is 5.96. The van der Waals surface area contributed by atoms with Gasteiger partial charge < -0.3 is 10.1 Å². The van der Waals surface area contributed by atoms with Crippen LogP contribution in [0.1, 0.15) is 59.8 Å². The van der Waals surface area contributed by atoms with Gasteiger partial charge in [0.25, 0.3) is 0 Å². The molecular formula is C38H34BrN5O3S3. The van der Waals surface area contributed by atoms with Gasteiger partial charge in [0.15, 0.2) is 21.1 Å². The average molecular weight is 785 g/mol. The highest BCUT2D eigenvalue weighted by atomic mass is 79.9. The quantitative estimate of drug-likeness (QED) is 0.0913. The summed E-state index contributed by atoms with van der Waals surface area (Å²) in [7, 11) is 0. The summed E-state index contributed by atoms with van der Waals surface area (Å²) < 4.78 is 10.8. The minimum Gasteiger partial charge on any atom is -0.486 e. The van der Waals surface area contributed by atoms with Crippen molar-refractivity contribution < 1.29 is 14.3 Å². The third kappa shape index (κ3) is 8.66. The molecule has 2 heterocycles. The lowest BCUT2D eigenvalue weighted by Crippen LogP contribution is -2.14. The number of hydrogen-bond acceptors (Lipinski definition) is 9. The summed E-state index contributed by atoms with van der Waals surface area (Å²) in [6, 6.07) is 31.3. The molecule has 1 aliphatic rings. The van der Waals surface area contributed by atoms with Crippen LogP contribution in [0.5, 0.6) is 5.75 Å². The van der Waals surface area contributed by atoms with E-state index in [2.05, 4.69) is 48.6 Å². The molecule has 0 saturated heterocycles. The van der Waals surface area contributed by atoms with Gasteiger partial charge in [0.05, 0.1) is 21.7 Å². The highest BCUT2D eigenvalue weighted by Crippen LogP contribution is 2.34. The monoisotopic (exact) mass is 783 g/mol. The van der Waals surface area contributed by atoms with Crippen molar-refractivity contribution in [2.45, 2.75) is 54.1 Å². The third-order valence-corrected chi connectivity index (χ3v) is 12.1. The number of halogens is 1. The Hall–Kier alpha value is -3.97. The number of carbonyl (C=O) groups excluding carboxylic acids is 2. The van der Waals surface area contributed by atoms with E-state index < -0.39 is 0 Å².